The smallest absolute Gasteiger partial charge is 0.232 e. The van der Waals surface area contributed by atoms with Crippen molar-refractivity contribution in [2.75, 3.05) is 13.1 Å². The van der Waals surface area contributed by atoms with Crippen molar-refractivity contribution in [1.82, 2.24) is 19.4 Å². The maximum Gasteiger partial charge on any atom is 0.232 e. The SMILES string of the molecule is O=S(=O)(C1CCCCC1)N1CC(c2nc(-c3ccccn3)no2)C1. The van der Waals surface area contributed by atoms with Crippen LogP contribution < -0.4 is 0 Å². The Labute approximate surface area is 141 Å². The molecule has 0 unspecified atom stereocenters. The number of nitrogens with zero attached hydrogens (tertiary/aromatic N) is 4. The monoisotopic (exact) mass is 348 g/mol. The van der Waals surface area contributed by atoms with E-state index >= 15 is 0 Å². The van der Waals surface area contributed by atoms with Gasteiger partial charge in [-0.25, -0.2) is 8.42 Å². The molecule has 1 saturated carbocycles. The highest BCUT2D eigenvalue weighted by molar-refractivity contribution is 7.89. The average Bonchev–Trinajstić information content (AvgIpc) is 3.04. The minimum absolute atomic E-state index is 0.0201. The molecule has 1 aliphatic heterocycles. The molecule has 0 N–H and O–H groups in total. The molecule has 24 heavy (non-hydrogen) atoms. The molecule has 0 aromatic carbocycles. The van der Waals surface area contributed by atoms with Crippen LogP contribution in [0.1, 0.15) is 43.9 Å². The first-order chi connectivity index (χ1) is 11.6. The van der Waals surface area contributed by atoms with E-state index in [0.29, 0.717) is 30.5 Å². The van der Waals surface area contributed by atoms with Crippen molar-refractivity contribution < 1.29 is 12.9 Å². The summed E-state index contributed by atoms with van der Waals surface area (Å²) in [4.78, 5) is 8.56. The molecule has 2 aromatic rings. The molecule has 2 fully saturated rings. The summed E-state index contributed by atoms with van der Waals surface area (Å²) in [6.45, 7) is 0.866. The summed E-state index contributed by atoms with van der Waals surface area (Å²) in [7, 11) is -3.18. The summed E-state index contributed by atoms with van der Waals surface area (Å²) in [5.41, 5.74) is 0.651. The van der Waals surface area contributed by atoms with Gasteiger partial charge in [0.15, 0.2) is 0 Å². The Morgan fingerprint density at radius 2 is 1.92 bits per heavy atom. The molecule has 2 aliphatic rings. The maximum absolute atomic E-state index is 12.6. The molecule has 0 amide bonds. The van der Waals surface area contributed by atoms with E-state index in [1.165, 1.54) is 0 Å². The predicted molar refractivity (Wildman–Crippen MR) is 87.6 cm³/mol. The molecule has 7 nitrogen and oxygen atoms in total. The summed E-state index contributed by atoms with van der Waals surface area (Å²) in [5.74, 6) is 0.915. The van der Waals surface area contributed by atoms with Crippen molar-refractivity contribution in [3.8, 4) is 11.5 Å². The first-order valence-electron chi connectivity index (χ1n) is 8.38. The molecule has 0 radical (unpaired) electrons. The quantitative estimate of drug-likeness (QED) is 0.841. The third-order valence-electron chi connectivity index (χ3n) is 4.87. The van der Waals surface area contributed by atoms with E-state index in [0.717, 1.165) is 32.1 Å². The fraction of sp³-hybridized carbons (Fsp3) is 0.562. The molecule has 1 aliphatic carbocycles. The van der Waals surface area contributed by atoms with Crippen LogP contribution in [0.2, 0.25) is 0 Å². The second kappa shape index (κ2) is 6.25. The van der Waals surface area contributed by atoms with E-state index in [1.807, 2.05) is 18.2 Å². The van der Waals surface area contributed by atoms with Crippen LogP contribution in [0.5, 0.6) is 0 Å². The summed E-state index contributed by atoms with van der Waals surface area (Å²) < 4.78 is 32.1. The minimum atomic E-state index is -3.18. The van der Waals surface area contributed by atoms with Gasteiger partial charge >= 0.3 is 0 Å². The largest absolute Gasteiger partial charge is 0.339 e. The minimum Gasteiger partial charge on any atom is -0.339 e. The Morgan fingerprint density at radius 1 is 1.12 bits per heavy atom. The lowest BCUT2D eigenvalue weighted by molar-refractivity contribution is 0.213. The third-order valence-corrected chi connectivity index (χ3v) is 7.20. The van der Waals surface area contributed by atoms with Crippen molar-refractivity contribution >= 4 is 10.0 Å². The van der Waals surface area contributed by atoms with Crippen molar-refractivity contribution in [2.45, 2.75) is 43.3 Å². The van der Waals surface area contributed by atoms with Crippen molar-refractivity contribution in [3.63, 3.8) is 0 Å². The van der Waals surface area contributed by atoms with Crippen LogP contribution >= 0.6 is 0 Å². The van der Waals surface area contributed by atoms with E-state index in [4.69, 9.17) is 4.52 Å². The normalized spacial score (nSPS) is 20.8. The zero-order valence-electron chi connectivity index (χ0n) is 13.3. The lowest BCUT2D eigenvalue weighted by Crippen LogP contribution is -2.52. The second-order valence-corrected chi connectivity index (χ2v) is 8.70. The van der Waals surface area contributed by atoms with Crippen LogP contribution in [0.25, 0.3) is 11.5 Å². The maximum atomic E-state index is 12.6. The Morgan fingerprint density at radius 3 is 2.62 bits per heavy atom. The van der Waals surface area contributed by atoms with E-state index in [9.17, 15) is 8.42 Å². The van der Waals surface area contributed by atoms with E-state index < -0.39 is 10.0 Å². The van der Waals surface area contributed by atoms with Gasteiger partial charge in [0, 0.05) is 19.3 Å². The Balaban J connectivity index is 1.42. The van der Waals surface area contributed by atoms with Gasteiger partial charge in [0.1, 0.15) is 5.69 Å². The van der Waals surface area contributed by atoms with Crippen molar-refractivity contribution in [3.05, 3.63) is 30.3 Å². The number of pyridine rings is 1. The van der Waals surface area contributed by atoms with Crippen LogP contribution in [0, 0.1) is 0 Å². The standard InChI is InChI=1S/C16H20N4O3S/c21-24(22,13-6-2-1-3-7-13)20-10-12(11-20)16-18-15(19-23-16)14-8-4-5-9-17-14/h4-5,8-9,12-13H,1-3,6-7,10-11H2. The van der Waals surface area contributed by atoms with Gasteiger partial charge < -0.3 is 4.52 Å². The van der Waals surface area contributed by atoms with Crippen LogP contribution in [0.4, 0.5) is 0 Å². The van der Waals surface area contributed by atoms with Gasteiger partial charge in [-0.15, -0.1) is 0 Å². The molecule has 4 rings (SSSR count). The Bertz CT molecular complexity index is 794. The Hall–Kier alpha value is -1.80. The summed E-state index contributed by atoms with van der Waals surface area (Å²) in [6.07, 6.45) is 6.42. The van der Waals surface area contributed by atoms with Gasteiger partial charge in [-0.3, -0.25) is 4.98 Å². The third kappa shape index (κ3) is 2.84. The van der Waals surface area contributed by atoms with Crippen LogP contribution in [-0.2, 0) is 10.0 Å². The number of rotatable bonds is 4. The van der Waals surface area contributed by atoms with Crippen molar-refractivity contribution in [1.29, 1.82) is 0 Å². The van der Waals surface area contributed by atoms with Crippen LogP contribution in [0.15, 0.2) is 28.9 Å². The highest BCUT2D eigenvalue weighted by Gasteiger charge is 2.43. The average molecular weight is 348 g/mol. The summed E-state index contributed by atoms with van der Waals surface area (Å²) in [5, 5.41) is 3.74. The molecule has 128 valence electrons. The molecule has 2 aromatic heterocycles. The molecule has 0 spiro atoms. The van der Waals surface area contributed by atoms with Gasteiger partial charge in [0.2, 0.25) is 21.7 Å². The lowest BCUT2D eigenvalue weighted by Gasteiger charge is -2.39. The first kappa shape index (κ1) is 15.7. The first-order valence-corrected chi connectivity index (χ1v) is 9.89. The molecular weight excluding hydrogens is 328 g/mol. The molecular formula is C16H20N4O3S. The van der Waals surface area contributed by atoms with Gasteiger partial charge in [-0.2, -0.15) is 9.29 Å². The van der Waals surface area contributed by atoms with Crippen molar-refractivity contribution in [2.24, 2.45) is 0 Å². The van der Waals surface area contributed by atoms with E-state index in [2.05, 4.69) is 15.1 Å². The predicted octanol–water partition coefficient (Wildman–Crippen LogP) is 2.19. The summed E-state index contributed by atoms with van der Waals surface area (Å²) in [6, 6.07) is 5.50. The lowest BCUT2D eigenvalue weighted by atomic mass is 10.0. The highest BCUT2D eigenvalue weighted by atomic mass is 32.2. The molecule has 1 saturated heterocycles. The molecule has 8 heteroatoms. The van der Waals surface area contributed by atoms with Crippen LogP contribution in [-0.4, -0.2) is 46.2 Å². The fourth-order valence-corrected chi connectivity index (χ4v) is 5.50. The van der Waals surface area contributed by atoms with Gasteiger partial charge in [0.05, 0.1) is 11.2 Å². The Kier molecular flexibility index (Phi) is 4.09. The number of aromatic nitrogens is 3. The number of sulfonamides is 1. The molecule has 3 heterocycles. The van der Waals surface area contributed by atoms with Gasteiger partial charge in [0.25, 0.3) is 0 Å². The topological polar surface area (TPSA) is 89.2 Å². The highest BCUT2D eigenvalue weighted by Crippen LogP contribution is 2.34. The summed E-state index contributed by atoms with van der Waals surface area (Å²) >= 11 is 0. The number of hydrogen-bond donors (Lipinski definition) is 0. The second-order valence-electron chi connectivity index (χ2n) is 6.49. The van der Waals surface area contributed by atoms with Gasteiger partial charge in [-0.1, -0.05) is 30.5 Å². The zero-order chi connectivity index (χ0) is 16.6. The van der Waals surface area contributed by atoms with E-state index in [1.54, 1.807) is 10.5 Å². The van der Waals surface area contributed by atoms with E-state index in [-0.39, 0.29) is 11.2 Å². The molecule has 0 bridgehead atoms. The van der Waals surface area contributed by atoms with Crippen LogP contribution in [0.3, 0.4) is 0 Å². The fourth-order valence-electron chi connectivity index (χ4n) is 3.38. The zero-order valence-corrected chi connectivity index (χ0v) is 14.2. The number of hydrogen-bond acceptors (Lipinski definition) is 6. The molecule has 0 atom stereocenters. The van der Waals surface area contributed by atoms with Gasteiger partial charge in [-0.05, 0) is 25.0 Å².